The Morgan fingerprint density at radius 1 is 1.14 bits per heavy atom. The summed E-state index contributed by atoms with van der Waals surface area (Å²) in [5.74, 6) is 0.359. The van der Waals surface area contributed by atoms with E-state index in [9.17, 15) is 9.59 Å². The number of rotatable bonds is 5. The smallest absolute Gasteiger partial charge is 0.263 e. The molecule has 1 N–H and O–H groups in total. The van der Waals surface area contributed by atoms with Crippen molar-refractivity contribution in [1.82, 2.24) is 14.5 Å². The molecule has 2 aromatic heterocycles. The minimum absolute atomic E-state index is 0.0632. The van der Waals surface area contributed by atoms with Crippen LogP contribution in [0.1, 0.15) is 27.4 Å². The van der Waals surface area contributed by atoms with Gasteiger partial charge in [0, 0.05) is 10.6 Å². The minimum atomic E-state index is -0.238. The molecule has 2 heterocycles. The molecular weight excluding hydrogens is 372 g/mol. The number of anilines is 1. The van der Waals surface area contributed by atoms with E-state index in [0.717, 1.165) is 32.1 Å². The number of hydrogen-bond acceptors (Lipinski definition) is 5. The molecule has 0 aliphatic heterocycles. The van der Waals surface area contributed by atoms with Crippen LogP contribution in [-0.4, -0.2) is 34.5 Å². The zero-order chi connectivity index (χ0) is 20.6. The molecule has 0 saturated heterocycles. The molecule has 1 amide bonds. The molecule has 0 radical (unpaired) electrons. The summed E-state index contributed by atoms with van der Waals surface area (Å²) in [7, 11) is 3.84. The third kappa shape index (κ3) is 4.15. The number of amides is 1. The molecule has 0 unspecified atom stereocenters. The molecule has 7 heteroatoms. The summed E-state index contributed by atoms with van der Waals surface area (Å²) >= 11 is 1.52. The Kier molecular flexibility index (Phi) is 5.67. The first kappa shape index (κ1) is 20.2. The Morgan fingerprint density at radius 3 is 2.39 bits per heavy atom. The fraction of sp³-hybridized carbons (Fsp3) is 0.381. The van der Waals surface area contributed by atoms with Gasteiger partial charge in [-0.05, 0) is 70.6 Å². The van der Waals surface area contributed by atoms with E-state index in [0.29, 0.717) is 17.8 Å². The number of thiophene rings is 1. The van der Waals surface area contributed by atoms with E-state index in [2.05, 4.69) is 11.4 Å². The SMILES string of the molecule is Cc1cc(C)cc(NC(=O)Cn2c(CN(C)C)nc3sc(C)c(C)c3c2=O)c1. The van der Waals surface area contributed by atoms with Crippen molar-refractivity contribution in [2.75, 3.05) is 19.4 Å². The van der Waals surface area contributed by atoms with Gasteiger partial charge in [0.2, 0.25) is 5.91 Å². The van der Waals surface area contributed by atoms with Crippen molar-refractivity contribution >= 4 is 33.1 Å². The van der Waals surface area contributed by atoms with Crippen molar-refractivity contribution in [1.29, 1.82) is 0 Å². The highest BCUT2D eigenvalue weighted by Crippen LogP contribution is 2.26. The molecule has 0 fully saturated rings. The van der Waals surface area contributed by atoms with E-state index >= 15 is 0 Å². The molecule has 28 heavy (non-hydrogen) atoms. The van der Waals surface area contributed by atoms with Gasteiger partial charge in [0.15, 0.2) is 0 Å². The molecule has 6 nitrogen and oxygen atoms in total. The van der Waals surface area contributed by atoms with Gasteiger partial charge in [-0.3, -0.25) is 14.2 Å². The summed E-state index contributed by atoms with van der Waals surface area (Å²) in [6.45, 7) is 8.32. The largest absolute Gasteiger partial charge is 0.325 e. The highest BCUT2D eigenvalue weighted by atomic mass is 32.1. The highest BCUT2D eigenvalue weighted by molar-refractivity contribution is 7.18. The lowest BCUT2D eigenvalue weighted by molar-refractivity contribution is -0.116. The van der Waals surface area contributed by atoms with Gasteiger partial charge in [-0.25, -0.2) is 4.98 Å². The van der Waals surface area contributed by atoms with Crippen molar-refractivity contribution in [3.8, 4) is 0 Å². The average molecular weight is 399 g/mol. The molecule has 1 aromatic carbocycles. The third-order valence-corrected chi connectivity index (χ3v) is 5.73. The zero-order valence-electron chi connectivity index (χ0n) is 17.2. The summed E-state index contributed by atoms with van der Waals surface area (Å²) in [6.07, 6.45) is 0. The number of benzene rings is 1. The van der Waals surface area contributed by atoms with Gasteiger partial charge in [-0.2, -0.15) is 0 Å². The highest BCUT2D eigenvalue weighted by Gasteiger charge is 2.18. The fourth-order valence-corrected chi connectivity index (χ4v) is 4.37. The molecule has 0 aliphatic rings. The molecule has 0 spiro atoms. The van der Waals surface area contributed by atoms with Crippen LogP contribution in [0.3, 0.4) is 0 Å². The molecule has 148 valence electrons. The van der Waals surface area contributed by atoms with E-state index in [4.69, 9.17) is 4.98 Å². The number of aryl methyl sites for hydroxylation is 4. The normalized spacial score (nSPS) is 11.4. The Hall–Kier alpha value is -2.51. The van der Waals surface area contributed by atoms with Crippen LogP contribution in [0.25, 0.3) is 10.2 Å². The van der Waals surface area contributed by atoms with E-state index in [-0.39, 0.29) is 18.0 Å². The number of carbonyl (C=O) groups excluding carboxylic acids is 1. The van der Waals surface area contributed by atoms with Crippen molar-refractivity contribution in [3.63, 3.8) is 0 Å². The standard InChI is InChI=1S/C21H26N4O2S/c1-12-7-13(2)9-16(8-12)22-18(26)11-25-17(10-24(5)6)23-20-19(21(25)27)14(3)15(4)28-20/h7-9H,10-11H2,1-6H3,(H,22,26). The van der Waals surface area contributed by atoms with Crippen LogP contribution in [0.15, 0.2) is 23.0 Å². The van der Waals surface area contributed by atoms with E-state index < -0.39 is 0 Å². The second-order valence-electron chi connectivity index (χ2n) is 7.55. The molecular formula is C21H26N4O2S. The van der Waals surface area contributed by atoms with Gasteiger partial charge in [0.25, 0.3) is 5.56 Å². The maximum atomic E-state index is 13.2. The summed E-state index contributed by atoms with van der Waals surface area (Å²) in [4.78, 5) is 34.4. The van der Waals surface area contributed by atoms with Gasteiger partial charge >= 0.3 is 0 Å². The summed E-state index contributed by atoms with van der Waals surface area (Å²) < 4.78 is 1.50. The van der Waals surface area contributed by atoms with Gasteiger partial charge in [0.05, 0.1) is 11.9 Å². The van der Waals surface area contributed by atoms with Gasteiger partial charge in [-0.1, -0.05) is 6.07 Å². The monoisotopic (exact) mass is 398 g/mol. The van der Waals surface area contributed by atoms with Crippen LogP contribution in [0.5, 0.6) is 0 Å². The summed E-state index contributed by atoms with van der Waals surface area (Å²) in [5.41, 5.74) is 3.68. The van der Waals surface area contributed by atoms with Gasteiger partial charge < -0.3 is 10.2 Å². The lowest BCUT2D eigenvalue weighted by Crippen LogP contribution is -2.32. The number of hydrogen-bond donors (Lipinski definition) is 1. The van der Waals surface area contributed by atoms with Crippen molar-refractivity contribution in [3.05, 3.63) is 55.9 Å². The number of carbonyl (C=O) groups is 1. The van der Waals surface area contributed by atoms with Crippen LogP contribution in [0.4, 0.5) is 5.69 Å². The van der Waals surface area contributed by atoms with Crippen LogP contribution in [-0.2, 0) is 17.9 Å². The van der Waals surface area contributed by atoms with Gasteiger partial charge in [0.1, 0.15) is 17.2 Å². The molecule has 0 aliphatic carbocycles. The zero-order valence-corrected chi connectivity index (χ0v) is 18.0. The first-order valence-corrected chi connectivity index (χ1v) is 9.99. The maximum absolute atomic E-state index is 13.2. The number of fused-ring (bicyclic) bond motifs is 1. The van der Waals surface area contributed by atoms with Crippen molar-refractivity contribution in [2.45, 2.75) is 40.8 Å². The maximum Gasteiger partial charge on any atom is 0.263 e. The first-order valence-electron chi connectivity index (χ1n) is 9.18. The Balaban J connectivity index is 2.00. The average Bonchev–Trinajstić information content (AvgIpc) is 2.84. The molecule has 3 aromatic rings. The second-order valence-corrected chi connectivity index (χ2v) is 8.75. The number of aromatic nitrogens is 2. The predicted molar refractivity (Wildman–Crippen MR) is 115 cm³/mol. The van der Waals surface area contributed by atoms with E-state index in [1.54, 1.807) is 0 Å². The number of nitrogens with zero attached hydrogens (tertiary/aromatic N) is 3. The van der Waals surface area contributed by atoms with E-state index in [1.165, 1.54) is 15.9 Å². The first-order chi connectivity index (χ1) is 13.2. The van der Waals surface area contributed by atoms with Crippen LogP contribution >= 0.6 is 11.3 Å². The molecule has 0 saturated carbocycles. The molecule has 0 bridgehead atoms. The van der Waals surface area contributed by atoms with Crippen LogP contribution < -0.4 is 10.9 Å². The molecule has 0 atom stereocenters. The third-order valence-electron chi connectivity index (χ3n) is 4.63. The second kappa shape index (κ2) is 7.85. The Bertz CT molecular complexity index is 1090. The minimum Gasteiger partial charge on any atom is -0.325 e. The van der Waals surface area contributed by atoms with Crippen molar-refractivity contribution in [2.24, 2.45) is 0 Å². The summed E-state index contributed by atoms with van der Waals surface area (Å²) in [5, 5.41) is 3.53. The Labute approximate surface area is 168 Å². The predicted octanol–water partition coefficient (Wildman–Crippen LogP) is 3.39. The van der Waals surface area contributed by atoms with E-state index in [1.807, 2.05) is 58.8 Å². The Morgan fingerprint density at radius 2 is 1.79 bits per heavy atom. The van der Waals surface area contributed by atoms with Crippen molar-refractivity contribution < 1.29 is 4.79 Å². The fourth-order valence-electron chi connectivity index (χ4n) is 3.33. The van der Waals surface area contributed by atoms with Gasteiger partial charge in [-0.15, -0.1) is 11.3 Å². The lowest BCUT2D eigenvalue weighted by atomic mass is 10.1. The summed E-state index contributed by atoms with van der Waals surface area (Å²) in [6, 6.07) is 5.89. The van der Waals surface area contributed by atoms with Crippen LogP contribution in [0, 0.1) is 27.7 Å². The number of nitrogens with one attached hydrogen (secondary N) is 1. The quantitative estimate of drug-likeness (QED) is 0.715. The lowest BCUT2D eigenvalue weighted by Gasteiger charge is -2.16. The van der Waals surface area contributed by atoms with Crippen LogP contribution in [0.2, 0.25) is 0 Å². The topological polar surface area (TPSA) is 67.2 Å². The molecule has 3 rings (SSSR count).